The Balaban J connectivity index is 1.48. The highest BCUT2D eigenvalue weighted by Gasteiger charge is 2.16. The summed E-state index contributed by atoms with van der Waals surface area (Å²) in [5, 5.41) is 11.9. The quantitative estimate of drug-likeness (QED) is 0.202. The van der Waals surface area contributed by atoms with Gasteiger partial charge in [0.15, 0.2) is 4.34 Å². The first-order chi connectivity index (χ1) is 13.6. The minimum Gasteiger partial charge on any atom is -0.423 e. The Hall–Kier alpha value is -2.71. The smallest absolute Gasteiger partial charge is 0.336 e. The monoisotopic (exact) mass is 410 g/mol. The molecule has 1 aliphatic carbocycles. The van der Waals surface area contributed by atoms with Gasteiger partial charge in [-0.15, -0.1) is 11.3 Å². The highest BCUT2D eigenvalue weighted by Crippen LogP contribution is 2.35. The summed E-state index contributed by atoms with van der Waals surface area (Å²) in [5.41, 5.74) is 4.63. The van der Waals surface area contributed by atoms with E-state index in [4.69, 9.17) is 4.42 Å². The molecular formula is C20H14N2O4S2. The molecule has 0 saturated carbocycles. The molecule has 2 aromatic heterocycles. The van der Waals surface area contributed by atoms with Crippen molar-refractivity contribution in [2.24, 2.45) is 0 Å². The van der Waals surface area contributed by atoms with Gasteiger partial charge in [-0.25, -0.2) is 9.78 Å². The summed E-state index contributed by atoms with van der Waals surface area (Å²) < 4.78 is 7.02. The first-order valence-corrected chi connectivity index (χ1v) is 10.6. The van der Waals surface area contributed by atoms with Crippen LogP contribution in [0.3, 0.4) is 0 Å². The molecule has 5 rings (SSSR count). The highest BCUT2D eigenvalue weighted by molar-refractivity contribution is 8.00. The van der Waals surface area contributed by atoms with Crippen molar-refractivity contribution in [3.63, 3.8) is 0 Å². The van der Waals surface area contributed by atoms with E-state index in [0.29, 0.717) is 11.3 Å². The Morgan fingerprint density at radius 1 is 1.18 bits per heavy atom. The summed E-state index contributed by atoms with van der Waals surface area (Å²) in [6.45, 7) is 0. The Labute approximate surface area is 167 Å². The third-order valence-corrected chi connectivity index (χ3v) is 7.17. The predicted molar refractivity (Wildman–Crippen MR) is 110 cm³/mol. The topological polar surface area (TPSA) is 86.2 Å². The third-order valence-electron chi connectivity index (χ3n) is 4.96. The molecule has 0 atom stereocenters. The van der Waals surface area contributed by atoms with Crippen molar-refractivity contribution in [2.75, 3.05) is 0 Å². The minimum absolute atomic E-state index is 0.0632. The van der Waals surface area contributed by atoms with E-state index in [9.17, 15) is 14.9 Å². The van der Waals surface area contributed by atoms with Crippen LogP contribution in [0.1, 0.15) is 23.1 Å². The lowest BCUT2D eigenvalue weighted by atomic mass is 10.0. The summed E-state index contributed by atoms with van der Waals surface area (Å²) >= 11 is 2.95. The molecule has 0 N–H and O–H groups in total. The number of rotatable bonds is 4. The molecule has 0 bridgehead atoms. The van der Waals surface area contributed by atoms with Gasteiger partial charge in [0.1, 0.15) is 5.58 Å². The van der Waals surface area contributed by atoms with E-state index in [1.54, 1.807) is 18.2 Å². The number of thioether (sulfide) groups is 1. The number of fused-ring (bicyclic) bond motifs is 3. The summed E-state index contributed by atoms with van der Waals surface area (Å²) in [6.07, 6.45) is 3.23. The lowest BCUT2D eigenvalue weighted by Gasteiger charge is -2.07. The van der Waals surface area contributed by atoms with Gasteiger partial charge in [0.2, 0.25) is 0 Å². The molecule has 8 heteroatoms. The molecule has 1 aliphatic rings. The number of thiazole rings is 1. The molecule has 2 heterocycles. The van der Waals surface area contributed by atoms with E-state index in [1.165, 1.54) is 40.3 Å². The first-order valence-electron chi connectivity index (χ1n) is 8.83. The maximum absolute atomic E-state index is 12.0. The molecule has 28 heavy (non-hydrogen) atoms. The second-order valence-electron chi connectivity index (χ2n) is 6.74. The molecule has 6 nitrogen and oxygen atoms in total. The fourth-order valence-electron chi connectivity index (χ4n) is 3.62. The van der Waals surface area contributed by atoms with Crippen molar-refractivity contribution in [1.29, 1.82) is 0 Å². The van der Waals surface area contributed by atoms with E-state index >= 15 is 0 Å². The van der Waals surface area contributed by atoms with Crippen LogP contribution in [-0.2, 0) is 18.6 Å². The maximum atomic E-state index is 12.0. The van der Waals surface area contributed by atoms with Gasteiger partial charge >= 0.3 is 5.63 Å². The Morgan fingerprint density at radius 3 is 2.82 bits per heavy atom. The molecule has 4 aromatic rings. The number of non-ortho nitro benzene ring substituents is 1. The van der Waals surface area contributed by atoms with Gasteiger partial charge in [0.25, 0.3) is 5.69 Å². The van der Waals surface area contributed by atoms with E-state index < -0.39 is 4.92 Å². The predicted octanol–water partition coefficient (Wildman–Crippen LogP) is 5.09. The second-order valence-corrected chi connectivity index (χ2v) is 8.99. The van der Waals surface area contributed by atoms with Gasteiger partial charge in [-0.1, -0.05) is 11.8 Å². The van der Waals surface area contributed by atoms with Gasteiger partial charge in [0.05, 0.1) is 15.1 Å². The van der Waals surface area contributed by atoms with Crippen LogP contribution in [0.4, 0.5) is 5.69 Å². The van der Waals surface area contributed by atoms with Crippen molar-refractivity contribution in [3.8, 4) is 0 Å². The van der Waals surface area contributed by atoms with Gasteiger partial charge in [-0.2, -0.15) is 0 Å². The zero-order chi connectivity index (χ0) is 19.3. The average Bonchev–Trinajstić information content (AvgIpc) is 3.29. The largest absolute Gasteiger partial charge is 0.423 e. The highest BCUT2D eigenvalue weighted by atomic mass is 32.2. The fraction of sp³-hybridized carbons (Fsp3) is 0.200. The number of benzene rings is 2. The summed E-state index contributed by atoms with van der Waals surface area (Å²) in [6, 6.07) is 10.4. The van der Waals surface area contributed by atoms with Crippen molar-refractivity contribution < 1.29 is 9.34 Å². The lowest BCUT2D eigenvalue weighted by Crippen LogP contribution is -2.00. The molecule has 0 spiro atoms. The standard InChI is InChI=1S/C20H14N2O4S2/c23-19-8-13(15-6-11-2-1-3-12(11)7-17(15)26-19)10-27-20-21-16-5-4-14(22(24)25)9-18(16)28-20/h4-9H,1-3,10H2. The average molecular weight is 410 g/mol. The molecule has 0 aliphatic heterocycles. The molecular weight excluding hydrogens is 396 g/mol. The van der Waals surface area contributed by atoms with Crippen molar-refractivity contribution in [1.82, 2.24) is 4.98 Å². The van der Waals surface area contributed by atoms with Crippen molar-refractivity contribution >= 4 is 50.0 Å². The van der Waals surface area contributed by atoms with E-state index in [1.807, 2.05) is 6.07 Å². The molecule has 0 unspecified atom stereocenters. The van der Waals surface area contributed by atoms with Gasteiger partial charge in [0, 0.05) is 29.3 Å². The van der Waals surface area contributed by atoms with Crippen LogP contribution in [0.5, 0.6) is 0 Å². The van der Waals surface area contributed by atoms with Crippen LogP contribution in [0.25, 0.3) is 21.2 Å². The number of aryl methyl sites for hydroxylation is 2. The Kier molecular flexibility index (Phi) is 4.17. The molecule has 0 radical (unpaired) electrons. The summed E-state index contributed by atoms with van der Waals surface area (Å²) in [5.74, 6) is 0.586. The molecule has 2 aromatic carbocycles. The Morgan fingerprint density at radius 2 is 2.00 bits per heavy atom. The van der Waals surface area contributed by atoms with Gasteiger partial charge in [-0.3, -0.25) is 10.1 Å². The van der Waals surface area contributed by atoms with Gasteiger partial charge in [-0.05, 0) is 54.2 Å². The van der Waals surface area contributed by atoms with E-state index in [2.05, 4.69) is 11.1 Å². The molecule has 0 saturated heterocycles. The number of nitrogens with zero attached hydrogens (tertiary/aromatic N) is 2. The van der Waals surface area contributed by atoms with Crippen molar-refractivity contribution in [2.45, 2.75) is 29.4 Å². The lowest BCUT2D eigenvalue weighted by molar-refractivity contribution is -0.384. The summed E-state index contributed by atoms with van der Waals surface area (Å²) in [4.78, 5) is 27.1. The van der Waals surface area contributed by atoms with E-state index in [-0.39, 0.29) is 11.3 Å². The first kappa shape index (κ1) is 17.4. The summed E-state index contributed by atoms with van der Waals surface area (Å²) in [7, 11) is 0. The number of hydrogen-bond donors (Lipinski definition) is 0. The number of aromatic nitrogens is 1. The maximum Gasteiger partial charge on any atom is 0.336 e. The zero-order valence-electron chi connectivity index (χ0n) is 14.6. The number of nitro groups is 1. The normalized spacial score (nSPS) is 13.3. The Bertz CT molecular complexity index is 1310. The van der Waals surface area contributed by atoms with Crippen LogP contribution in [-0.4, -0.2) is 9.91 Å². The van der Waals surface area contributed by atoms with Crippen LogP contribution >= 0.6 is 23.1 Å². The molecule has 0 amide bonds. The number of hydrogen-bond acceptors (Lipinski definition) is 7. The molecule has 140 valence electrons. The van der Waals surface area contributed by atoms with E-state index in [0.717, 1.165) is 44.8 Å². The fourth-order valence-corrected chi connectivity index (χ4v) is 5.71. The molecule has 0 fully saturated rings. The second kappa shape index (κ2) is 6.72. The van der Waals surface area contributed by atoms with Crippen molar-refractivity contribution in [3.05, 3.63) is 73.6 Å². The SMILES string of the molecule is O=c1cc(CSc2nc3ccc([N+](=O)[O-])cc3s2)c2cc3c(cc2o1)CCC3. The zero-order valence-corrected chi connectivity index (χ0v) is 16.3. The number of nitro benzene ring substituents is 1. The van der Waals surface area contributed by atoms with Crippen LogP contribution in [0.2, 0.25) is 0 Å². The minimum atomic E-state index is -0.403. The van der Waals surface area contributed by atoms with Crippen LogP contribution in [0, 0.1) is 10.1 Å². The van der Waals surface area contributed by atoms with Crippen LogP contribution in [0.15, 0.2) is 49.9 Å². The van der Waals surface area contributed by atoms with Crippen LogP contribution < -0.4 is 5.63 Å². The van der Waals surface area contributed by atoms with Gasteiger partial charge < -0.3 is 4.42 Å². The third kappa shape index (κ3) is 3.08.